The van der Waals surface area contributed by atoms with Gasteiger partial charge in [-0.3, -0.25) is 9.59 Å². The SMILES string of the molecule is CCC1C(=O)N=C(n2nc(C)cc2NC(=O)c2cc(C)oc2C)N=C1C. The molecule has 0 aliphatic carbocycles. The number of carbonyl (C=O) groups excluding carboxylic acids is 2. The highest BCUT2D eigenvalue weighted by Gasteiger charge is 2.27. The fourth-order valence-corrected chi connectivity index (χ4v) is 2.96. The minimum absolute atomic E-state index is 0.153. The summed E-state index contributed by atoms with van der Waals surface area (Å²) in [6, 6.07) is 3.37. The molecule has 0 fully saturated rings. The second-order valence-electron chi connectivity index (χ2n) is 6.33. The first kappa shape index (κ1) is 17.8. The number of anilines is 1. The Bertz CT molecular complexity index is 948. The molecule has 0 radical (unpaired) electrons. The van der Waals surface area contributed by atoms with E-state index in [9.17, 15) is 9.59 Å². The lowest BCUT2D eigenvalue weighted by Gasteiger charge is -2.17. The van der Waals surface area contributed by atoms with E-state index in [0.717, 1.165) is 0 Å². The van der Waals surface area contributed by atoms with Crippen LogP contribution in [0.2, 0.25) is 0 Å². The van der Waals surface area contributed by atoms with E-state index >= 15 is 0 Å². The highest BCUT2D eigenvalue weighted by molar-refractivity contribution is 6.15. The molecule has 0 bridgehead atoms. The summed E-state index contributed by atoms with van der Waals surface area (Å²) < 4.78 is 6.78. The average molecular weight is 355 g/mol. The molecule has 8 heteroatoms. The van der Waals surface area contributed by atoms with Gasteiger partial charge in [0.15, 0.2) is 0 Å². The second-order valence-corrected chi connectivity index (χ2v) is 6.33. The van der Waals surface area contributed by atoms with E-state index in [1.807, 2.05) is 6.92 Å². The summed E-state index contributed by atoms with van der Waals surface area (Å²) in [6.07, 6.45) is 0.645. The molecule has 1 N–H and O–H groups in total. The first-order valence-electron chi connectivity index (χ1n) is 8.43. The van der Waals surface area contributed by atoms with Gasteiger partial charge in [0.1, 0.15) is 17.3 Å². The average Bonchev–Trinajstić information content (AvgIpc) is 3.08. The van der Waals surface area contributed by atoms with Crippen molar-refractivity contribution in [3.05, 3.63) is 34.9 Å². The summed E-state index contributed by atoms with van der Waals surface area (Å²) in [5.74, 6) is 0.865. The van der Waals surface area contributed by atoms with Crippen LogP contribution >= 0.6 is 0 Å². The predicted molar refractivity (Wildman–Crippen MR) is 97.8 cm³/mol. The van der Waals surface area contributed by atoms with Crippen LogP contribution in [0, 0.1) is 26.7 Å². The van der Waals surface area contributed by atoms with Gasteiger partial charge in [0.2, 0.25) is 0 Å². The zero-order chi connectivity index (χ0) is 19.0. The molecule has 0 saturated carbocycles. The van der Waals surface area contributed by atoms with Crippen LogP contribution in [0.15, 0.2) is 26.5 Å². The molecule has 2 aromatic rings. The van der Waals surface area contributed by atoms with E-state index in [1.54, 1.807) is 39.8 Å². The van der Waals surface area contributed by atoms with Crippen molar-refractivity contribution in [2.24, 2.45) is 15.9 Å². The Balaban J connectivity index is 1.93. The fraction of sp³-hybridized carbons (Fsp3) is 0.389. The van der Waals surface area contributed by atoms with E-state index in [4.69, 9.17) is 4.42 Å². The van der Waals surface area contributed by atoms with Gasteiger partial charge in [0, 0.05) is 11.8 Å². The van der Waals surface area contributed by atoms with Crippen LogP contribution in [-0.4, -0.2) is 33.3 Å². The molecule has 8 nitrogen and oxygen atoms in total. The van der Waals surface area contributed by atoms with Gasteiger partial charge in [-0.05, 0) is 40.2 Å². The summed E-state index contributed by atoms with van der Waals surface area (Å²) in [4.78, 5) is 33.2. The van der Waals surface area contributed by atoms with Crippen LogP contribution in [0.1, 0.15) is 47.8 Å². The minimum atomic E-state index is -0.324. The number of aryl methyl sites for hydroxylation is 3. The van der Waals surface area contributed by atoms with Crippen LogP contribution in [0.4, 0.5) is 5.82 Å². The fourth-order valence-electron chi connectivity index (χ4n) is 2.96. The summed E-state index contributed by atoms with van der Waals surface area (Å²) >= 11 is 0. The van der Waals surface area contributed by atoms with Crippen molar-refractivity contribution < 1.29 is 14.0 Å². The lowest BCUT2D eigenvalue weighted by Crippen LogP contribution is -2.30. The summed E-state index contributed by atoms with van der Waals surface area (Å²) in [5.41, 5.74) is 1.80. The molecule has 1 aliphatic rings. The maximum atomic E-state index is 12.6. The van der Waals surface area contributed by atoms with Gasteiger partial charge in [-0.15, -0.1) is 0 Å². The number of nitrogens with one attached hydrogen (secondary N) is 1. The number of aliphatic imine (C=N–C) groups is 2. The first-order chi connectivity index (χ1) is 12.3. The van der Waals surface area contributed by atoms with Gasteiger partial charge in [-0.25, -0.2) is 4.99 Å². The van der Waals surface area contributed by atoms with E-state index < -0.39 is 0 Å². The van der Waals surface area contributed by atoms with Crippen molar-refractivity contribution in [2.45, 2.75) is 41.0 Å². The maximum absolute atomic E-state index is 12.6. The van der Waals surface area contributed by atoms with Gasteiger partial charge in [0.05, 0.1) is 17.2 Å². The lowest BCUT2D eigenvalue weighted by atomic mass is 10.00. The highest BCUT2D eigenvalue weighted by Crippen LogP contribution is 2.19. The first-order valence-corrected chi connectivity index (χ1v) is 8.43. The number of hydrogen-bond acceptors (Lipinski definition) is 5. The number of nitrogens with zero attached hydrogens (tertiary/aromatic N) is 4. The molecule has 2 aromatic heterocycles. The van der Waals surface area contributed by atoms with Crippen molar-refractivity contribution in [3.8, 4) is 0 Å². The topological polar surface area (TPSA) is 102 Å². The standard InChI is InChI=1S/C18H21N5O3/c1-6-13-11(4)19-18(21-16(13)24)23-15(7-9(2)22-23)20-17(25)14-8-10(3)26-12(14)5/h7-8,13H,6H2,1-5H3,(H,20,25). The van der Waals surface area contributed by atoms with Crippen LogP contribution in [0.3, 0.4) is 0 Å². The zero-order valence-corrected chi connectivity index (χ0v) is 15.5. The Morgan fingerprint density at radius 2 is 1.96 bits per heavy atom. The third kappa shape index (κ3) is 3.22. The normalized spacial score (nSPS) is 17.1. The van der Waals surface area contributed by atoms with Crippen molar-refractivity contribution >= 4 is 29.3 Å². The van der Waals surface area contributed by atoms with Gasteiger partial charge < -0.3 is 9.73 Å². The van der Waals surface area contributed by atoms with E-state index in [-0.39, 0.29) is 23.7 Å². The number of amides is 2. The Morgan fingerprint density at radius 3 is 2.54 bits per heavy atom. The molecular formula is C18H21N5O3. The molecular weight excluding hydrogens is 334 g/mol. The van der Waals surface area contributed by atoms with E-state index in [1.165, 1.54) is 4.68 Å². The van der Waals surface area contributed by atoms with Crippen LogP contribution in [0.25, 0.3) is 0 Å². The van der Waals surface area contributed by atoms with Crippen molar-refractivity contribution in [1.29, 1.82) is 0 Å². The van der Waals surface area contributed by atoms with E-state index in [0.29, 0.717) is 40.7 Å². The number of furan rings is 1. The maximum Gasteiger partial charge on any atom is 0.260 e. The van der Waals surface area contributed by atoms with Crippen LogP contribution < -0.4 is 5.32 Å². The van der Waals surface area contributed by atoms with Crippen molar-refractivity contribution in [2.75, 3.05) is 5.32 Å². The minimum Gasteiger partial charge on any atom is -0.466 e. The smallest absolute Gasteiger partial charge is 0.260 e. The Morgan fingerprint density at radius 1 is 1.23 bits per heavy atom. The van der Waals surface area contributed by atoms with Gasteiger partial charge in [0.25, 0.3) is 17.8 Å². The molecule has 136 valence electrons. The third-order valence-corrected chi connectivity index (χ3v) is 4.25. The molecule has 0 aromatic carbocycles. The number of carbonyl (C=O) groups is 2. The van der Waals surface area contributed by atoms with Crippen molar-refractivity contribution in [1.82, 2.24) is 9.78 Å². The lowest BCUT2D eigenvalue weighted by molar-refractivity contribution is -0.119. The molecule has 3 rings (SSSR count). The Kier molecular flexibility index (Phi) is 4.58. The summed E-state index contributed by atoms with van der Waals surface area (Å²) in [6.45, 7) is 9.01. The number of aromatic nitrogens is 2. The molecule has 3 heterocycles. The summed E-state index contributed by atoms with van der Waals surface area (Å²) in [7, 11) is 0. The molecule has 0 spiro atoms. The zero-order valence-electron chi connectivity index (χ0n) is 15.5. The quantitative estimate of drug-likeness (QED) is 0.914. The van der Waals surface area contributed by atoms with Crippen molar-refractivity contribution in [3.63, 3.8) is 0 Å². The number of rotatable bonds is 3. The van der Waals surface area contributed by atoms with Gasteiger partial charge in [-0.1, -0.05) is 6.92 Å². The second kappa shape index (κ2) is 6.70. The summed E-state index contributed by atoms with van der Waals surface area (Å²) in [5, 5.41) is 7.11. The number of hydrogen-bond donors (Lipinski definition) is 1. The Hall–Kier alpha value is -3.03. The predicted octanol–water partition coefficient (Wildman–Crippen LogP) is 2.89. The Labute approximate surface area is 151 Å². The molecule has 1 unspecified atom stereocenters. The monoisotopic (exact) mass is 355 g/mol. The van der Waals surface area contributed by atoms with Gasteiger partial charge in [-0.2, -0.15) is 14.8 Å². The van der Waals surface area contributed by atoms with Crippen LogP contribution in [-0.2, 0) is 4.79 Å². The van der Waals surface area contributed by atoms with E-state index in [2.05, 4.69) is 20.4 Å². The molecule has 26 heavy (non-hydrogen) atoms. The van der Waals surface area contributed by atoms with Crippen LogP contribution in [0.5, 0.6) is 0 Å². The molecule has 2 amide bonds. The molecule has 1 aliphatic heterocycles. The third-order valence-electron chi connectivity index (χ3n) is 4.25. The molecule has 1 atom stereocenters. The largest absolute Gasteiger partial charge is 0.466 e. The highest BCUT2D eigenvalue weighted by atomic mass is 16.3. The van der Waals surface area contributed by atoms with Gasteiger partial charge >= 0.3 is 0 Å². The molecule has 0 saturated heterocycles.